The van der Waals surface area contributed by atoms with Crippen LogP contribution in [-0.4, -0.2) is 43.0 Å². The summed E-state index contributed by atoms with van der Waals surface area (Å²) in [6.07, 6.45) is 5.24. The van der Waals surface area contributed by atoms with Gasteiger partial charge in [-0.25, -0.2) is 0 Å². The summed E-state index contributed by atoms with van der Waals surface area (Å²) in [6.45, 7) is 1.21. The maximum Gasteiger partial charge on any atom is 0.221 e. The van der Waals surface area contributed by atoms with Gasteiger partial charge in [-0.3, -0.25) is 4.79 Å². The maximum atomic E-state index is 12.2. The van der Waals surface area contributed by atoms with E-state index >= 15 is 0 Å². The minimum absolute atomic E-state index is 0.173. The smallest absolute Gasteiger partial charge is 0.221 e. The third-order valence-electron chi connectivity index (χ3n) is 4.95. The van der Waals surface area contributed by atoms with Crippen molar-refractivity contribution < 1.29 is 14.3 Å². The molecule has 0 radical (unpaired) electrons. The number of nitrogens with one attached hydrogen (secondary N) is 2. The Kier molecular flexibility index (Phi) is 4.85. The summed E-state index contributed by atoms with van der Waals surface area (Å²) >= 11 is 1.69. The highest BCUT2D eigenvalue weighted by Gasteiger charge is 2.33. The third kappa shape index (κ3) is 3.81. The van der Waals surface area contributed by atoms with Crippen LogP contribution < -0.4 is 20.1 Å². The Morgan fingerprint density at radius 3 is 2.71 bits per heavy atom. The number of carbonyl (C=O) groups excluding carboxylic acids is 1. The molecule has 3 heterocycles. The predicted octanol–water partition coefficient (Wildman–Crippen LogP) is 2.34. The Labute approximate surface area is 146 Å². The number of hydrogen-bond donors (Lipinski definition) is 2. The minimum Gasteiger partial charge on any atom is -0.486 e. The fraction of sp³-hybridized carbons (Fsp3) is 0.611. The first-order chi connectivity index (χ1) is 11.8. The van der Waals surface area contributed by atoms with E-state index in [2.05, 4.69) is 10.6 Å². The van der Waals surface area contributed by atoms with Crippen molar-refractivity contribution in [2.75, 3.05) is 19.0 Å². The zero-order valence-corrected chi connectivity index (χ0v) is 14.6. The van der Waals surface area contributed by atoms with Crippen molar-refractivity contribution in [1.82, 2.24) is 10.6 Å². The van der Waals surface area contributed by atoms with Gasteiger partial charge in [-0.05, 0) is 43.9 Å². The molecule has 1 aromatic carbocycles. The van der Waals surface area contributed by atoms with Gasteiger partial charge in [0, 0.05) is 35.2 Å². The molecule has 5 nitrogen and oxygen atoms in total. The van der Waals surface area contributed by atoms with Crippen LogP contribution in [-0.2, 0) is 4.79 Å². The lowest BCUT2D eigenvalue weighted by Crippen LogP contribution is -2.48. The lowest BCUT2D eigenvalue weighted by atomic mass is 10.00. The van der Waals surface area contributed by atoms with E-state index in [1.807, 2.05) is 18.2 Å². The van der Waals surface area contributed by atoms with Crippen molar-refractivity contribution in [3.63, 3.8) is 0 Å². The van der Waals surface area contributed by atoms with E-state index in [1.54, 1.807) is 11.8 Å². The lowest BCUT2D eigenvalue weighted by molar-refractivity contribution is -0.121. The van der Waals surface area contributed by atoms with E-state index in [4.69, 9.17) is 9.47 Å². The molecule has 130 valence electrons. The van der Waals surface area contributed by atoms with Gasteiger partial charge in [0.05, 0.1) is 0 Å². The fourth-order valence-corrected chi connectivity index (χ4v) is 4.73. The molecule has 4 rings (SSSR count). The Morgan fingerprint density at radius 2 is 1.92 bits per heavy atom. The molecule has 24 heavy (non-hydrogen) atoms. The Balaban J connectivity index is 1.21. The molecule has 0 aromatic heterocycles. The number of carbonyl (C=O) groups is 1. The molecule has 0 aliphatic carbocycles. The van der Waals surface area contributed by atoms with Crippen LogP contribution >= 0.6 is 11.8 Å². The van der Waals surface area contributed by atoms with Gasteiger partial charge in [0.15, 0.2) is 11.5 Å². The summed E-state index contributed by atoms with van der Waals surface area (Å²) in [5, 5.41) is 6.82. The average Bonchev–Trinajstić information content (AvgIpc) is 2.93. The molecular formula is C18H24N2O3S. The SMILES string of the molecule is O=C(CCSc1ccc2c(c1)OCCO2)NC1CC2CCC(C1)N2. The Bertz CT molecular complexity index is 598. The van der Waals surface area contributed by atoms with Crippen LogP contribution in [0.15, 0.2) is 23.1 Å². The maximum absolute atomic E-state index is 12.2. The molecule has 3 aliphatic rings. The van der Waals surface area contributed by atoms with Gasteiger partial charge in [-0.15, -0.1) is 11.8 Å². The van der Waals surface area contributed by atoms with E-state index < -0.39 is 0 Å². The molecular weight excluding hydrogens is 324 g/mol. The number of rotatable bonds is 5. The monoisotopic (exact) mass is 348 g/mol. The molecule has 2 saturated heterocycles. The first kappa shape index (κ1) is 16.1. The van der Waals surface area contributed by atoms with Gasteiger partial charge < -0.3 is 20.1 Å². The van der Waals surface area contributed by atoms with Gasteiger partial charge in [-0.1, -0.05) is 0 Å². The van der Waals surface area contributed by atoms with Gasteiger partial charge in [-0.2, -0.15) is 0 Å². The first-order valence-corrected chi connectivity index (χ1v) is 9.83. The Morgan fingerprint density at radius 1 is 1.17 bits per heavy atom. The molecule has 2 atom stereocenters. The molecule has 2 unspecified atom stereocenters. The topological polar surface area (TPSA) is 59.6 Å². The van der Waals surface area contributed by atoms with Crippen LogP contribution in [0.2, 0.25) is 0 Å². The highest BCUT2D eigenvalue weighted by molar-refractivity contribution is 7.99. The minimum atomic E-state index is 0.173. The standard InChI is InChI=1S/C18H24N2O3S/c21-18(20-14-9-12-1-2-13(10-14)19-12)5-8-24-15-3-4-16-17(11-15)23-7-6-22-16/h3-4,11-14,19H,1-2,5-10H2,(H,20,21). The molecule has 0 spiro atoms. The molecule has 1 amide bonds. The second kappa shape index (κ2) is 7.23. The van der Waals surface area contributed by atoms with Crippen LogP contribution in [0.4, 0.5) is 0 Å². The molecule has 2 fully saturated rings. The molecule has 6 heteroatoms. The van der Waals surface area contributed by atoms with Crippen LogP contribution in [0, 0.1) is 0 Å². The second-order valence-electron chi connectivity index (χ2n) is 6.78. The summed E-state index contributed by atoms with van der Waals surface area (Å²) in [4.78, 5) is 13.3. The van der Waals surface area contributed by atoms with E-state index in [1.165, 1.54) is 12.8 Å². The van der Waals surface area contributed by atoms with Crippen molar-refractivity contribution in [3.05, 3.63) is 18.2 Å². The van der Waals surface area contributed by atoms with Gasteiger partial charge in [0.25, 0.3) is 0 Å². The molecule has 3 aliphatic heterocycles. The fourth-order valence-electron chi connectivity index (χ4n) is 3.85. The first-order valence-electron chi connectivity index (χ1n) is 8.84. The average molecular weight is 348 g/mol. The van der Waals surface area contributed by atoms with E-state index in [0.29, 0.717) is 37.8 Å². The van der Waals surface area contributed by atoms with Crippen molar-refractivity contribution in [3.8, 4) is 11.5 Å². The van der Waals surface area contributed by atoms with Crippen LogP contribution in [0.3, 0.4) is 0 Å². The normalized spacial score (nSPS) is 27.8. The Hall–Kier alpha value is -1.40. The summed E-state index contributed by atoms with van der Waals surface area (Å²) in [5.74, 6) is 2.57. The number of thioether (sulfide) groups is 1. The zero-order chi connectivity index (χ0) is 16.4. The number of ether oxygens (including phenoxy) is 2. The number of hydrogen-bond acceptors (Lipinski definition) is 5. The molecule has 1 aromatic rings. The van der Waals surface area contributed by atoms with Crippen molar-refractivity contribution in [2.24, 2.45) is 0 Å². The van der Waals surface area contributed by atoms with Crippen LogP contribution in [0.5, 0.6) is 11.5 Å². The molecule has 2 bridgehead atoms. The van der Waals surface area contributed by atoms with E-state index in [0.717, 1.165) is 35.0 Å². The van der Waals surface area contributed by atoms with Crippen molar-refractivity contribution in [1.29, 1.82) is 0 Å². The summed E-state index contributed by atoms with van der Waals surface area (Å²) in [5.41, 5.74) is 0. The van der Waals surface area contributed by atoms with Crippen LogP contribution in [0.1, 0.15) is 32.1 Å². The molecule has 0 saturated carbocycles. The lowest BCUT2D eigenvalue weighted by Gasteiger charge is -2.29. The summed E-state index contributed by atoms with van der Waals surface area (Å²) < 4.78 is 11.1. The quantitative estimate of drug-likeness (QED) is 0.800. The van der Waals surface area contributed by atoms with E-state index in [9.17, 15) is 4.79 Å². The van der Waals surface area contributed by atoms with Gasteiger partial charge in [0.1, 0.15) is 13.2 Å². The molecule has 2 N–H and O–H groups in total. The summed E-state index contributed by atoms with van der Waals surface area (Å²) in [7, 11) is 0. The predicted molar refractivity (Wildman–Crippen MR) is 93.9 cm³/mol. The van der Waals surface area contributed by atoms with Gasteiger partial charge in [0.2, 0.25) is 5.91 Å². The number of piperidine rings is 1. The largest absolute Gasteiger partial charge is 0.486 e. The summed E-state index contributed by atoms with van der Waals surface area (Å²) in [6, 6.07) is 7.56. The number of benzene rings is 1. The highest BCUT2D eigenvalue weighted by atomic mass is 32.2. The number of fused-ring (bicyclic) bond motifs is 3. The second-order valence-corrected chi connectivity index (χ2v) is 7.95. The highest BCUT2D eigenvalue weighted by Crippen LogP contribution is 2.34. The van der Waals surface area contributed by atoms with Crippen molar-refractivity contribution >= 4 is 17.7 Å². The van der Waals surface area contributed by atoms with Crippen molar-refractivity contribution in [2.45, 2.75) is 55.1 Å². The third-order valence-corrected chi connectivity index (χ3v) is 5.95. The van der Waals surface area contributed by atoms with E-state index in [-0.39, 0.29) is 5.91 Å². The van der Waals surface area contributed by atoms with Crippen LogP contribution in [0.25, 0.3) is 0 Å². The van der Waals surface area contributed by atoms with Gasteiger partial charge >= 0.3 is 0 Å². The zero-order valence-electron chi connectivity index (χ0n) is 13.8. The number of amides is 1.